The third-order valence-corrected chi connectivity index (χ3v) is 4.58. The maximum absolute atomic E-state index is 12.2. The Kier molecular flexibility index (Phi) is 10.3. The molecular weight excluding hydrogens is 328 g/mol. The van der Waals surface area contributed by atoms with Gasteiger partial charge in [0, 0.05) is 18.3 Å². The van der Waals surface area contributed by atoms with Gasteiger partial charge in [0.1, 0.15) is 0 Å². The standard InChI is InChI=1S/C22H30O4/c1-3-5-11-19(23)12-8-10-18-14-15-21(24)20(18)16-17(4-2)9-6-7-13-22(25)26/h2,8-10,14-15,18-20,23H,3,5-7,11-13,16H2,1H3,(H,25,26)/b10-8?,17-9-/t18-,19?,20+/m0/s1. The van der Waals surface area contributed by atoms with Gasteiger partial charge in [0.15, 0.2) is 5.78 Å². The highest BCUT2D eigenvalue weighted by Crippen LogP contribution is 2.30. The second-order valence-corrected chi connectivity index (χ2v) is 6.77. The van der Waals surface area contributed by atoms with Gasteiger partial charge in [-0.3, -0.25) is 9.59 Å². The highest BCUT2D eigenvalue weighted by Gasteiger charge is 2.28. The minimum atomic E-state index is -0.817. The molecule has 0 bridgehead atoms. The molecule has 4 nitrogen and oxygen atoms in total. The van der Waals surface area contributed by atoms with Crippen LogP contribution in [0.3, 0.4) is 0 Å². The molecule has 0 amide bonds. The van der Waals surface area contributed by atoms with E-state index in [-0.39, 0.29) is 30.1 Å². The van der Waals surface area contributed by atoms with Crippen molar-refractivity contribution in [2.45, 2.75) is 64.4 Å². The largest absolute Gasteiger partial charge is 0.481 e. The number of terminal acetylenes is 1. The van der Waals surface area contributed by atoms with Gasteiger partial charge in [0.05, 0.1) is 6.10 Å². The molecule has 0 aromatic carbocycles. The van der Waals surface area contributed by atoms with E-state index in [1.807, 2.05) is 24.3 Å². The smallest absolute Gasteiger partial charge is 0.303 e. The van der Waals surface area contributed by atoms with E-state index in [0.717, 1.165) is 24.8 Å². The lowest BCUT2D eigenvalue weighted by atomic mass is 9.87. The molecule has 4 heteroatoms. The summed E-state index contributed by atoms with van der Waals surface area (Å²) in [5.74, 6) is 1.66. The Labute approximate surface area is 156 Å². The minimum absolute atomic E-state index is 0.00311. The molecule has 1 aliphatic carbocycles. The molecule has 0 saturated heterocycles. The van der Waals surface area contributed by atoms with Crippen molar-refractivity contribution in [3.63, 3.8) is 0 Å². The molecule has 0 fully saturated rings. The van der Waals surface area contributed by atoms with Crippen molar-refractivity contribution in [1.29, 1.82) is 0 Å². The van der Waals surface area contributed by atoms with Crippen LogP contribution in [0.1, 0.15) is 58.3 Å². The van der Waals surface area contributed by atoms with Crippen LogP contribution in [0, 0.1) is 24.2 Å². The van der Waals surface area contributed by atoms with E-state index in [1.165, 1.54) is 0 Å². The molecule has 2 N–H and O–H groups in total. The molecule has 3 atom stereocenters. The number of rotatable bonds is 12. The Morgan fingerprint density at radius 3 is 2.85 bits per heavy atom. The molecule has 0 heterocycles. The van der Waals surface area contributed by atoms with Gasteiger partial charge >= 0.3 is 5.97 Å². The number of ketones is 1. The number of carbonyl (C=O) groups excluding carboxylic acids is 1. The normalized spacial score (nSPS) is 21.3. The first-order valence-electron chi connectivity index (χ1n) is 9.42. The zero-order chi connectivity index (χ0) is 19.4. The first kappa shape index (κ1) is 21.9. The van der Waals surface area contributed by atoms with E-state index in [4.69, 9.17) is 11.5 Å². The fourth-order valence-electron chi connectivity index (χ4n) is 3.01. The van der Waals surface area contributed by atoms with Crippen LogP contribution in [-0.2, 0) is 9.59 Å². The lowest BCUT2D eigenvalue weighted by Gasteiger charge is -2.15. The molecule has 142 valence electrons. The molecule has 0 aromatic heterocycles. The average molecular weight is 358 g/mol. The predicted molar refractivity (Wildman–Crippen MR) is 103 cm³/mol. The van der Waals surface area contributed by atoms with E-state index in [0.29, 0.717) is 25.7 Å². The van der Waals surface area contributed by atoms with Gasteiger partial charge in [0.2, 0.25) is 0 Å². The first-order chi connectivity index (χ1) is 12.5. The summed E-state index contributed by atoms with van der Waals surface area (Å²) in [7, 11) is 0. The Balaban J connectivity index is 2.56. The average Bonchev–Trinajstić information content (AvgIpc) is 2.95. The van der Waals surface area contributed by atoms with Crippen molar-refractivity contribution in [2.75, 3.05) is 0 Å². The van der Waals surface area contributed by atoms with E-state index < -0.39 is 5.97 Å². The summed E-state index contributed by atoms with van der Waals surface area (Å²) in [6.07, 6.45) is 19.7. The Morgan fingerprint density at radius 1 is 1.42 bits per heavy atom. The fraction of sp³-hybridized carbons (Fsp3) is 0.545. The number of aliphatic hydroxyl groups is 1. The number of hydrogen-bond donors (Lipinski definition) is 2. The fourth-order valence-corrected chi connectivity index (χ4v) is 3.01. The lowest BCUT2D eigenvalue weighted by molar-refractivity contribution is -0.137. The molecule has 0 aliphatic heterocycles. The van der Waals surface area contributed by atoms with Crippen molar-refractivity contribution in [3.05, 3.63) is 36.0 Å². The Hall–Kier alpha value is -2.12. The van der Waals surface area contributed by atoms with Gasteiger partial charge in [-0.15, -0.1) is 6.42 Å². The number of carboxylic acids is 1. The number of unbranched alkanes of at least 4 members (excludes halogenated alkanes) is 2. The quantitative estimate of drug-likeness (QED) is 0.313. The topological polar surface area (TPSA) is 74.6 Å². The predicted octanol–water partition coefficient (Wildman–Crippen LogP) is 4.06. The van der Waals surface area contributed by atoms with Crippen LogP contribution in [0.2, 0.25) is 0 Å². The summed E-state index contributed by atoms with van der Waals surface area (Å²) in [5, 5.41) is 18.6. The van der Waals surface area contributed by atoms with Crippen LogP contribution in [0.4, 0.5) is 0 Å². The molecule has 0 radical (unpaired) electrons. The van der Waals surface area contributed by atoms with Gasteiger partial charge in [-0.25, -0.2) is 0 Å². The van der Waals surface area contributed by atoms with Crippen LogP contribution in [-0.4, -0.2) is 28.1 Å². The third-order valence-electron chi connectivity index (χ3n) is 4.58. The van der Waals surface area contributed by atoms with E-state index in [9.17, 15) is 14.7 Å². The van der Waals surface area contributed by atoms with Gasteiger partial charge in [-0.2, -0.15) is 0 Å². The second-order valence-electron chi connectivity index (χ2n) is 6.77. The molecule has 1 unspecified atom stereocenters. The van der Waals surface area contributed by atoms with Crippen LogP contribution < -0.4 is 0 Å². The molecule has 0 saturated carbocycles. The van der Waals surface area contributed by atoms with E-state index >= 15 is 0 Å². The monoisotopic (exact) mass is 358 g/mol. The van der Waals surface area contributed by atoms with Gasteiger partial charge in [-0.1, -0.05) is 50.0 Å². The summed E-state index contributed by atoms with van der Waals surface area (Å²) in [5.41, 5.74) is 0.749. The Bertz CT molecular complexity index is 592. The van der Waals surface area contributed by atoms with E-state index in [2.05, 4.69) is 12.8 Å². The first-order valence-corrected chi connectivity index (χ1v) is 9.42. The maximum Gasteiger partial charge on any atom is 0.303 e. The minimum Gasteiger partial charge on any atom is -0.481 e. The number of aliphatic hydroxyl groups excluding tert-OH is 1. The number of hydrogen-bond acceptors (Lipinski definition) is 3. The van der Waals surface area contributed by atoms with Gasteiger partial charge < -0.3 is 10.2 Å². The second kappa shape index (κ2) is 12.3. The molecule has 1 aliphatic rings. The summed E-state index contributed by atoms with van der Waals surface area (Å²) in [4.78, 5) is 22.7. The summed E-state index contributed by atoms with van der Waals surface area (Å²) in [6.45, 7) is 2.10. The van der Waals surface area contributed by atoms with Gasteiger partial charge in [0.25, 0.3) is 0 Å². The van der Waals surface area contributed by atoms with Crippen molar-refractivity contribution in [2.24, 2.45) is 11.8 Å². The molecular formula is C22H30O4. The SMILES string of the molecule is C#C/C(=C/CCCC(=O)O)C[C@H]1C(=O)C=C[C@@H]1C=CCC(O)CCCC. The van der Waals surface area contributed by atoms with Crippen molar-refractivity contribution < 1.29 is 19.8 Å². The Morgan fingerprint density at radius 2 is 2.19 bits per heavy atom. The van der Waals surface area contributed by atoms with E-state index in [1.54, 1.807) is 6.08 Å². The van der Waals surface area contributed by atoms with Crippen molar-refractivity contribution in [3.8, 4) is 12.3 Å². The highest BCUT2D eigenvalue weighted by atomic mass is 16.4. The molecule has 0 spiro atoms. The van der Waals surface area contributed by atoms with Crippen LogP contribution >= 0.6 is 0 Å². The van der Waals surface area contributed by atoms with Crippen molar-refractivity contribution >= 4 is 11.8 Å². The van der Waals surface area contributed by atoms with Crippen LogP contribution in [0.5, 0.6) is 0 Å². The molecule has 1 rings (SSSR count). The summed E-state index contributed by atoms with van der Waals surface area (Å²) in [6, 6.07) is 0. The van der Waals surface area contributed by atoms with Crippen LogP contribution in [0.15, 0.2) is 36.0 Å². The highest BCUT2D eigenvalue weighted by molar-refractivity contribution is 5.95. The van der Waals surface area contributed by atoms with Crippen molar-refractivity contribution in [1.82, 2.24) is 0 Å². The zero-order valence-electron chi connectivity index (χ0n) is 15.6. The van der Waals surface area contributed by atoms with Gasteiger partial charge in [-0.05, 0) is 43.8 Å². The molecule has 0 aromatic rings. The molecule has 26 heavy (non-hydrogen) atoms. The number of aliphatic carboxylic acids is 1. The number of carboxylic acid groups (broad SMARTS) is 1. The summed E-state index contributed by atoms with van der Waals surface area (Å²) < 4.78 is 0. The van der Waals surface area contributed by atoms with Crippen LogP contribution in [0.25, 0.3) is 0 Å². The zero-order valence-corrected chi connectivity index (χ0v) is 15.6. The number of allylic oxidation sites excluding steroid dienone is 5. The maximum atomic E-state index is 12.2. The number of carbonyl (C=O) groups is 2. The lowest BCUT2D eigenvalue weighted by Crippen LogP contribution is -2.15. The third kappa shape index (κ3) is 8.31. The summed E-state index contributed by atoms with van der Waals surface area (Å²) >= 11 is 0.